The summed E-state index contributed by atoms with van der Waals surface area (Å²) in [5.74, 6) is 0.636. The topological polar surface area (TPSA) is 61.6 Å². The van der Waals surface area contributed by atoms with E-state index < -0.39 is 11.4 Å². The molecule has 0 saturated carbocycles. The molecule has 2 aliphatic heterocycles. The maximum absolute atomic E-state index is 11.8. The van der Waals surface area contributed by atoms with Crippen molar-refractivity contribution in [1.29, 1.82) is 0 Å². The highest BCUT2D eigenvalue weighted by atomic mass is 16.4. The van der Waals surface area contributed by atoms with Gasteiger partial charge in [-0.15, -0.1) is 0 Å². The lowest BCUT2D eigenvalue weighted by Crippen LogP contribution is -2.40. The number of nitrogens with zero attached hydrogens (tertiary/aromatic N) is 4. The van der Waals surface area contributed by atoms with E-state index in [-0.39, 0.29) is 5.92 Å². The fourth-order valence-corrected chi connectivity index (χ4v) is 3.98. The normalized spacial score (nSPS) is 29.9. The predicted octanol–water partition coefficient (Wildman–Crippen LogP) is 0.741. The minimum Gasteiger partial charge on any atom is -0.481 e. The van der Waals surface area contributed by atoms with Crippen molar-refractivity contribution in [2.75, 3.05) is 33.2 Å². The smallest absolute Gasteiger partial charge is 0.312 e. The maximum atomic E-state index is 11.8. The Hall–Kier alpha value is -1.40. The third kappa shape index (κ3) is 2.46. The predicted molar refractivity (Wildman–Crippen MR) is 78.9 cm³/mol. The van der Waals surface area contributed by atoms with Crippen molar-refractivity contribution in [1.82, 2.24) is 19.4 Å². The fourth-order valence-electron chi connectivity index (χ4n) is 3.98. The Morgan fingerprint density at radius 1 is 1.48 bits per heavy atom. The molecule has 6 heteroatoms. The Morgan fingerprint density at radius 3 is 2.95 bits per heavy atom. The van der Waals surface area contributed by atoms with Crippen LogP contribution < -0.4 is 0 Å². The molecule has 0 aromatic carbocycles. The summed E-state index contributed by atoms with van der Waals surface area (Å²) in [5, 5.41) is 9.70. The number of likely N-dealkylation sites (tertiary alicyclic amines) is 2. The zero-order valence-corrected chi connectivity index (χ0v) is 12.8. The number of hydrogen-bond acceptors (Lipinski definition) is 4. The van der Waals surface area contributed by atoms with E-state index in [1.807, 2.05) is 19.4 Å². The molecule has 116 valence electrons. The molecule has 2 fully saturated rings. The van der Waals surface area contributed by atoms with Crippen LogP contribution in [0.15, 0.2) is 12.4 Å². The van der Waals surface area contributed by atoms with E-state index in [4.69, 9.17) is 0 Å². The van der Waals surface area contributed by atoms with Crippen LogP contribution in [0.4, 0.5) is 0 Å². The molecule has 1 aromatic rings. The first-order valence-corrected chi connectivity index (χ1v) is 7.69. The van der Waals surface area contributed by atoms with Crippen molar-refractivity contribution >= 4 is 5.97 Å². The van der Waals surface area contributed by atoms with Gasteiger partial charge in [-0.25, -0.2) is 4.98 Å². The molecule has 1 N–H and O–H groups in total. The van der Waals surface area contributed by atoms with Crippen LogP contribution >= 0.6 is 0 Å². The average molecular weight is 292 g/mol. The molecule has 2 aliphatic rings. The summed E-state index contributed by atoms with van der Waals surface area (Å²) in [6.45, 7) is 6.91. The van der Waals surface area contributed by atoms with Crippen LogP contribution in [0.3, 0.4) is 0 Å². The van der Waals surface area contributed by atoms with E-state index >= 15 is 0 Å². The molecule has 0 unspecified atom stereocenters. The third-order valence-corrected chi connectivity index (χ3v) is 4.91. The number of carboxylic acids is 1. The highest BCUT2D eigenvalue weighted by molar-refractivity contribution is 5.77. The molecule has 0 amide bonds. The molecular weight excluding hydrogens is 268 g/mol. The van der Waals surface area contributed by atoms with Gasteiger partial charge in [0.2, 0.25) is 0 Å². The largest absolute Gasteiger partial charge is 0.481 e. The minimum atomic E-state index is -0.642. The molecule has 0 spiro atoms. The van der Waals surface area contributed by atoms with Crippen LogP contribution in [0.2, 0.25) is 0 Å². The number of rotatable bonds is 5. The summed E-state index contributed by atoms with van der Waals surface area (Å²) in [6.07, 6.45) is 4.93. The molecule has 21 heavy (non-hydrogen) atoms. The second-order valence-corrected chi connectivity index (χ2v) is 6.56. The third-order valence-electron chi connectivity index (χ3n) is 4.91. The van der Waals surface area contributed by atoms with Gasteiger partial charge in [0.1, 0.15) is 5.82 Å². The van der Waals surface area contributed by atoms with Gasteiger partial charge >= 0.3 is 5.97 Å². The summed E-state index contributed by atoms with van der Waals surface area (Å²) >= 11 is 0. The Balaban J connectivity index is 1.72. The van der Waals surface area contributed by atoms with Gasteiger partial charge in [0.05, 0.1) is 12.0 Å². The zero-order valence-electron chi connectivity index (χ0n) is 12.8. The molecule has 2 saturated heterocycles. The second kappa shape index (κ2) is 5.42. The highest BCUT2D eigenvalue weighted by Gasteiger charge is 2.56. The lowest BCUT2D eigenvalue weighted by Gasteiger charge is -2.24. The van der Waals surface area contributed by atoms with Crippen molar-refractivity contribution in [3.8, 4) is 0 Å². The molecule has 6 nitrogen and oxygen atoms in total. The van der Waals surface area contributed by atoms with Gasteiger partial charge in [-0.3, -0.25) is 9.69 Å². The SMILES string of the molecule is CCCn1ccnc1CN1C[C@@H]2CN(C)C[C@]2(C(=O)O)C1. The Morgan fingerprint density at radius 2 is 2.29 bits per heavy atom. The van der Waals surface area contributed by atoms with Crippen LogP contribution in [0.1, 0.15) is 19.2 Å². The zero-order chi connectivity index (χ0) is 15.0. The lowest BCUT2D eigenvalue weighted by atomic mass is 9.81. The first-order valence-electron chi connectivity index (χ1n) is 7.69. The van der Waals surface area contributed by atoms with Gasteiger partial charge in [-0.05, 0) is 13.5 Å². The van der Waals surface area contributed by atoms with Gasteiger partial charge in [0.15, 0.2) is 0 Å². The Labute approximate surface area is 125 Å². The summed E-state index contributed by atoms with van der Waals surface area (Å²) in [5.41, 5.74) is -0.586. The van der Waals surface area contributed by atoms with Crippen LogP contribution in [0.5, 0.6) is 0 Å². The maximum Gasteiger partial charge on any atom is 0.312 e. The van der Waals surface area contributed by atoms with Crippen LogP contribution in [-0.4, -0.2) is 63.7 Å². The molecule has 2 atom stereocenters. The van der Waals surface area contributed by atoms with Gasteiger partial charge in [0.25, 0.3) is 0 Å². The quantitative estimate of drug-likeness (QED) is 0.867. The summed E-state index contributed by atoms with van der Waals surface area (Å²) in [4.78, 5) is 20.6. The van der Waals surface area contributed by atoms with E-state index in [0.29, 0.717) is 13.1 Å². The van der Waals surface area contributed by atoms with Crippen molar-refractivity contribution in [3.05, 3.63) is 18.2 Å². The molecular formula is C15H24N4O2. The number of carboxylic acid groups (broad SMARTS) is 1. The van der Waals surface area contributed by atoms with E-state index in [0.717, 1.165) is 38.4 Å². The molecule has 3 rings (SSSR count). The van der Waals surface area contributed by atoms with Gasteiger partial charge in [-0.2, -0.15) is 0 Å². The number of fused-ring (bicyclic) bond motifs is 1. The number of aryl methyl sites for hydroxylation is 1. The van der Waals surface area contributed by atoms with Crippen molar-refractivity contribution < 1.29 is 9.90 Å². The van der Waals surface area contributed by atoms with Gasteiger partial charge < -0.3 is 14.6 Å². The summed E-state index contributed by atoms with van der Waals surface area (Å²) in [7, 11) is 2.02. The number of carbonyl (C=O) groups is 1. The standard InChI is InChI=1S/C15H24N4O2/c1-3-5-19-6-4-16-13(19)9-18-8-12-7-17(2)10-15(12,11-18)14(20)21/h4,6,12H,3,5,7-11H2,1-2H3,(H,20,21)/t12-,15-/m0/s1. The first-order chi connectivity index (χ1) is 10.0. The van der Waals surface area contributed by atoms with Crippen molar-refractivity contribution in [2.45, 2.75) is 26.4 Å². The molecule has 3 heterocycles. The number of hydrogen-bond donors (Lipinski definition) is 1. The van der Waals surface area contributed by atoms with Gasteiger partial charge in [-0.1, -0.05) is 6.92 Å². The Bertz CT molecular complexity index is 529. The van der Waals surface area contributed by atoms with E-state index in [1.54, 1.807) is 0 Å². The lowest BCUT2D eigenvalue weighted by molar-refractivity contribution is -0.148. The van der Waals surface area contributed by atoms with E-state index in [9.17, 15) is 9.90 Å². The molecule has 0 bridgehead atoms. The first kappa shape index (κ1) is 14.5. The fraction of sp³-hybridized carbons (Fsp3) is 0.733. The van der Waals surface area contributed by atoms with Crippen LogP contribution in [0, 0.1) is 11.3 Å². The number of aromatic nitrogens is 2. The second-order valence-electron chi connectivity index (χ2n) is 6.56. The van der Waals surface area contributed by atoms with E-state index in [2.05, 4.69) is 26.3 Å². The van der Waals surface area contributed by atoms with Crippen LogP contribution in [-0.2, 0) is 17.9 Å². The number of aliphatic carboxylic acids is 1. The van der Waals surface area contributed by atoms with E-state index in [1.165, 1.54) is 0 Å². The summed E-state index contributed by atoms with van der Waals surface area (Å²) in [6, 6.07) is 0. The number of imidazole rings is 1. The molecule has 1 aromatic heterocycles. The average Bonchev–Trinajstić information content (AvgIpc) is 3.04. The van der Waals surface area contributed by atoms with Gasteiger partial charge in [0, 0.05) is 51.0 Å². The molecule has 0 aliphatic carbocycles. The van der Waals surface area contributed by atoms with Crippen molar-refractivity contribution in [3.63, 3.8) is 0 Å². The summed E-state index contributed by atoms with van der Waals surface area (Å²) < 4.78 is 2.17. The monoisotopic (exact) mass is 292 g/mol. The highest BCUT2D eigenvalue weighted by Crippen LogP contribution is 2.42. The van der Waals surface area contributed by atoms with Crippen LogP contribution in [0.25, 0.3) is 0 Å². The Kier molecular flexibility index (Phi) is 3.75. The minimum absolute atomic E-state index is 0.231. The molecule has 0 radical (unpaired) electrons. The van der Waals surface area contributed by atoms with Crippen molar-refractivity contribution in [2.24, 2.45) is 11.3 Å².